The van der Waals surface area contributed by atoms with Gasteiger partial charge in [-0.1, -0.05) is 29.8 Å². The third kappa shape index (κ3) is 4.29. The van der Waals surface area contributed by atoms with Crippen molar-refractivity contribution in [2.24, 2.45) is 0 Å². The summed E-state index contributed by atoms with van der Waals surface area (Å²) < 4.78 is 0.774. The Balaban J connectivity index is 2.10. The van der Waals surface area contributed by atoms with Crippen LogP contribution in [-0.2, 0) is 0 Å². The fourth-order valence-corrected chi connectivity index (χ4v) is 2.77. The van der Waals surface area contributed by atoms with Crippen molar-refractivity contribution in [1.82, 2.24) is 15.2 Å². The first kappa shape index (κ1) is 16.9. The monoisotopic (exact) mass is 381 g/mol. The van der Waals surface area contributed by atoms with Crippen LogP contribution in [0.1, 0.15) is 22.0 Å². The minimum atomic E-state index is -0.160. The number of hydrogen-bond donors (Lipinski definition) is 1. The van der Waals surface area contributed by atoms with E-state index in [1.54, 1.807) is 18.5 Å². The number of nitrogens with one attached hydrogen (secondary N) is 1. The van der Waals surface area contributed by atoms with E-state index in [1.807, 2.05) is 43.3 Å². The van der Waals surface area contributed by atoms with Gasteiger partial charge in [0.2, 0.25) is 0 Å². The van der Waals surface area contributed by atoms with Crippen molar-refractivity contribution in [3.8, 4) is 0 Å². The molecule has 0 aliphatic rings. The summed E-state index contributed by atoms with van der Waals surface area (Å²) in [5.41, 5.74) is 1.51. The number of nitrogens with zero attached hydrogens (tertiary/aromatic N) is 2. The number of aromatic nitrogens is 1. The van der Waals surface area contributed by atoms with Crippen molar-refractivity contribution < 1.29 is 4.79 Å². The Hall–Kier alpha value is -1.43. The highest BCUT2D eigenvalue weighted by Gasteiger charge is 2.18. The molecule has 4 nitrogen and oxygen atoms in total. The second-order valence-electron chi connectivity index (χ2n) is 5.10. The second-order valence-corrected chi connectivity index (χ2v) is 6.43. The maximum absolute atomic E-state index is 12.2. The van der Waals surface area contributed by atoms with E-state index >= 15 is 0 Å². The van der Waals surface area contributed by atoms with Crippen LogP contribution in [0.15, 0.2) is 47.2 Å². The first-order chi connectivity index (χ1) is 10.5. The molecule has 22 heavy (non-hydrogen) atoms. The summed E-state index contributed by atoms with van der Waals surface area (Å²) >= 11 is 9.57. The average Bonchev–Trinajstić information content (AvgIpc) is 2.48. The molecule has 1 amide bonds. The van der Waals surface area contributed by atoms with Crippen molar-refractivity contribution in [3.05, 3.63) is 63.3 Å². The first-order valence-corrected chi connectivity index (χ1v) is 7.95. The molecule has 6 heteroatoms. The topological polar surface area (TPSA) is 45.2 Å². The number of benzene rings is 1. The molecule has 1 aromatic carbocycles. The van der Waals surface area contributed by atoms with Crippen LogP contribution in [0.2, 0.25) is 5.02 Å². The normalized spacial score (nSPS) is 12.2. The van der Waals surface area contributed by atoms with Crippen LogP contribution in [0.5, 0.6) is 0 Å². The SMILES string of the molecule is CN(C)C(CNC(=O)c1cncc(Br)c1)c1ccccc1Cl. The summed E-state index contributed by atoms with van der Waals surface area (Å²) in [6.45, 7) is 0.460. The molecule has 0 spiro atoms. The van der Waals surface area contributed by atoms with Crippen LogP contribution in [0.4, 0.5) is 0 Å². The quantitative estimate of drug-likeness (QED) is 0.860. The van der Waals surface area contributed by atoms with Gasteiger partial charge in [-0.3, -0.25) is 9.78 Å². The van der Waals surface area contributed by atoms with E-state index in [4.69, 9.17) is 11.6 Å². The third-order valence-electron chi connectivity index (χ3n) is 3.31. The Labute approximate surface area is 143 Å². The summed E-state index contributed by atoms with van der Waals surface area (Å²) in [5, 5.41) is 3.63. The largest absolute Gasteiger partial charge is 0.350 e. The smallest absolute Gasteiger partial charge is 0.252 e. The number of likely N-dealkylation sites (N-methyl/N-ethyl adjacent to an activating group) is 1. The minimum absolute atomic E-state index is 0.00207. The fraction of sp³-hybridized carbons (Fsp3) is 0.250. The van der Waals surface area contributed by atoms with E-state index in [9.17, 15) is 4.79 Å². The molecule has 0 radical (unpaired) electrons. The van der Waals surface area contributed by atoms with Crippen LogP contribution in [0.25, 0.3) is 0 Å². The Kier molecular flexibility index (Phi) is 5.94. The van der Waals surface area contributed by atoms with Crippen molar-refractivity contribution in [1.29, 1.82) is 0 Å². The number of pyridine rings is 1. The number of carbonyl (C=O) groups is 1. The highest BCUT2D eigenvalue weighted by atomic mass is 79.9. The number of hydrogen-bond acceptors (Lipinski definition) is 3. The van der Waals surface area contributed by atoms with E-state index in [0.29, 0.717) is 17.1 Å². The molecule has 1 unspecified atom stereocenters. The summed E-state index contributed by atoms with van der Waals surface area (Å²) in [6.07, 6.45) is 3.18. The fourth-order valence-electron chi connectivity index (χ4n) is 2.14. The summed E-state index contributed by atoms with van der Waals surface area (Å²) in [6, 6.07) is 9.40. The van der Waals surface area contributed by atoms with Crippen LogP contribution >= 0.6 is 27.5 Å². The maximum Gasteiger partial charge on any atom is 0.252 e. The lowest BCUT2D eigenvalue weighted by molar-refractivity contribution is 0.0941. The van der Waals surface area contributed by atoms with Gasteiger partial charge in [-0.05, 0) is 47.7 Å². The third-order valence-corrected chi connectivity index (χ3v) is 4.09. The van der Waals surface area contributed by atoms with Crippen molar-refractivity contribution in [2.45, 2.75) is 6.04 Å². The number of halogens is 2. The molecule has 1 atom stereocenters. The van der Waals surface area contributed by atoms with E-state index in [2.05, 4.69) is 26.2 Å². The van der Waals surface area contributed by atoms with Crippen LogP contribution in [-0.4, -0.2) is 36.4 Å². The highest BCUT2D eigenvalue weighted by molar-refractivity contribution is 9.10. The predicted molar refractivity (Wildman–Crippen MR) is 92.2 cm³/mol. The van der Waals surface area contributed by atoms with Gasteiger partial charge in [0.1, 0.15) is 0 Å². The maximum atomic E-state index is 12.2. The second kappa shape index (κ2) is 7.72. The highest BCUT2D eigenvalue weighted by Crippen LogP contribution is 2.25. The van der Waals surface area contributed by atoms with E-state index in [0.717, 1.165) is 10.0 Å². The molecule has 0 saturated carbocycles. The molecule has 0 bridgehead atoms. The Morgan fingerprint density at radius 3 is 2.73 bits per heavy atom. The van der Waals surface area contributed by atoms with Crippen molar-refractivity contribution in [3.63, 3.8) is 0 Å². The van der Waals surface area contributed by atoms with Crippen LogP contribution < -0.4 is 5.32 Å². The summed E-state index contributed by atoms with van der Waals surface area (Å²) in [5.74, 6) is -0.160. The standard InChI is InChI=1S/C16H17BrClN3O/c1-21(2)15(13-5-3-4-6-14(13)18)10-20-16(22)11-7-12(17)9-19-8-11/h3-9,15H,10H2,1-2H3,(H,20,22). The van der Waals surface area contributed by atoms with Crippen molar-refractivity contribution in [2.75, 3.05) is 20.6 Å². The number of rotatable bonds is 5. The summed E-state index contributed by atoms with van der Waals surface area (Å²) in [7, 11) is 3.92. The van der Waals surface area contributed by atoms with Gasteiger partial charge in [0.25, 0.3) is 5.91 Å². The lowest BCUT2D eigenvalue weighted by atomic mass is 10.1. The van der Waals surface area contributed by atoms with E-state index in [-0.39, 0.29) is 11.9 Å². The molecular formula is C16H17BrClN3O. The number of amides is 1. The van der Waals surface area contributed by atoms with Gasteiger partial charge in [0.15, 0.2) is 0 Å². The van der Waals surface area contributed by atoms with Gasteiger partial charge in [-0.15, -0.1) is 0 Å². The number of carbonyl (C=O) groups excluding carboxylic acids is 1. The van der Waals surface area contributed by atoms with Gasteiger partial charge in [-0.25, -0.2) is 0 Å². The molecule has 116 valence electrons. The molecule has 0 aliphatic carbocycles. The zero-order valence-corrected chi connectivity index (χ0v) is 14.7. The molecule has 0 aliphatic heterocycles. The van der Waals surface area contributed by atoms with Gasteiger partial charge in [0.05, 0.1) is 11.6 Å². The lowest BCUT2D eigenvalue weighted by Crippen LogP contribution is -2.34. The van der Waals surface area contributed by atoms with Crippen molar-refractivity contribution >= 4 is 33.4 Å². The van der Waals surface area contributed by atoms with E-state index < -0.39 is 0 Å². The molecule has 2 aromatic rings. The minimum Gasteiger partial charge on any atom is -0.350 e. The van der Waals surface area contributed by atoms with Gasteiger partial charge in [0, 0.05) is 28.4 Å². The Morgan fingerprint density at radius 2 is 2.09 bits per heavy atom. The molecule has 1 heterocycles. The molecule has 1 N–H and O–H groups in total. The van der Waals surface area contributed by atoms with Crippen LogP contribution in [0, 0.1) is 0 Å². The zero-order chi connectivity index (χ0) is 16.1. The lowest BCUT2D eigenvalue weighted by Gasteiger charge is -2.26. The zero-order valence-electron chi connectivity index (χ0n) is 12.4. The molecule has 0 saturated heterocycles. The summed E-state index contributed by atoms with van der Waals surface area (Å²) in [4.78, 5) is 18.2. The van der Waals surface area contributed by atoms with Gasteiger partial charge in [-0.2, -0.15) is 0 Å². The van der Waals surface area contributed by atoms with Crippen LogP contribution in [0.3, 0.4) is 0 Å². The van der Waals surface area contributed by atoms with Gasteiger partial charge < -0.3 is 10.2 Å². The first-order valence-electron chi connectivity index (χ1n) is 6.78. The Morgan fingerprint density at radius 1 is 1.36 bits per heavy atom. The average molecular weight is 383 g/mol. The predicted octanol–water partition coefficient (Wildman–Crippen LogP) is 3.53. The molecule has 2 rings (SSSR count). The molecule has 0 fully saturated rings. The van der Waals surface area contributed by atoms with Gasteiger partial charge >= 0.3 is 0 Å². The van der Waals surface area contributed by atoms with E-state index in [1.165, 1.54) is 0 Å². The molecule has 1 aromatic heterocycles. The molecular weight excluding hydrogens is 366 g/mol. The Bertz CT molecular complexity index is 663.